The van der Waals surface area contributed by atoms with Gasteiger partial charge in [0.05, 0.1) is 14.2 Å². The van der Waals surface area contributed by atoms with Crippen molar-refractivity contribution >= 4 is 5.91 Å². The summed E-state index contributed by atoms with van der Waals surface area (Å²) in [5.41, 5.74) is 0.597. The lowest BCUT2D eigenvalue weighted by atomic mass is 10.1. The smallest absolute Gasteiger partial charge is 0.251 e. The van der Waals surface area contributed by atoms with Crippen LogP contribution in [-0.2, 0) is 0 Å². The summed E-state index contributed by atoms with van der Waals surface area (Å²) in [7, 11) is 3.15. The third-order valence-electron chi connectivity index (χ3n) is 3.56. The van der Waals surface area contributed by atoms with E-state index in [1.165, 1.54) is 0 Å². The van der Waals surface area contributed by atoms with Crippen LogP contribution in [0.2, 0.25) is 0 Å². The quantitative estimate of drug-likeness (QED) is 0.878. The molecule has 0 aromatic heterocycles. The molecule has 0 bridgehead atoms. The van der Waals surface area contributed by atoms with E-state index in [1.54, 1.807) is 32.4 Å². The third-order valence-corrected chi connectivity index (χ3v) is 3.56. The minimum absolute atomic E-state index is 0.0575. The topological polar surface area (TPSA) is 59.6 Å². The molecule has 1 fully saturated rings. The zero-order valence-corrected chi connectivity index (χ0v) is 12.1. The average molecular weight is 278 g/mol. The van der Waals surface area contributed by atoms with E-state index in [1.807, 2.05) is 0 Å². The first-order chi connectivity index (χ1) is 9.74. The van der Waals surface area contributed by atoms with E-state index < -0.39 is 0 Å². The number of nitrogens with one attached hydrogen (secondary N) is 2. The van der Waals surface area contributed by atoms with E-state index in [-0.39, 0.29) is 11.9 Å². The Kier molecular flexibility index (Phi) is 5.24. The summed E-state index contributed by atoms with van der Waals surface area (Å²) < 4.78 is 10.4. The van der Waals surface area contributed by atoms with Crippen LogP contribution in [0.1, 0.15) is 29.6 Å². The van der Waals surface area contributed by atoms with E-state index in [4.69, 9.17) is 9.47 Å². The molecule has 5 nitrogen and oxygen atoms in total. The molecule has 5 heteroatoms. The van der Waals surface area contributed by atoms with E-state index >= 15 is 0 Å². The molecular formula is C15H22N2O3. The second-order valence-electron chi connectivity index (χ2n) is 4.92. The Morgan fingerprint density at radius 1 is 1.20 bits per heavy atom. The van der Waals surface area contributed by atoms with Gasteiger partial charge in [-0.2, -0.15) is 0 Å². The van der Waals surface area contributed by atoms with Gasteiger partial charge in [0.1, 0.15) is 0 Å². The number of benzene rings is 1. The lowest BCUT2D eigenvalue weighted by Gasteiger charge is -2.16. The number of rotatable bonds is 4. The standard InChI is InChI=1S/C15H22N2O3/c1-19-13-6-5-11(10-14(13)20-2)15(18)17-12-4-3-8-16-9-7-12/h5-6,10,12,16H,3-4,7-9H2,1-2H3,(H,17,18). The highest BCUT2D eigenvalue weighted by molar-refractivity contribution is 5.95. The number of hydrogen-bond donors (Lipinski definition) is 2. The fourth-order valence-electron chi connectivity index (χ4n) is 2.41. The Morgan fingerprint density at radius 2 is 2.00 bits per heavy atom. The summed E-state index contributed by atoms with van der Waals surface area (Å²) in [6, 6.07) is 5.46. The summed E-state index contributed by atoms with van der Waals surface area (Å²) in [6.45, 7) is 1.99. The van der Waals surface area contributed by atoms with Gasteiger partial charge >= 0.3 is 0 Å². The van der Waals surface area contributed by atoms with E-state index in [0.29, 0.717) is 17.1 Å². The van der Waals surface area contributed by atoms with Gasteiger partial charge in [0.25, 0.3) is 5.91 Å². The molecule has 1 amide bonds. The van der Waals surface area contributed by atoms with Crippen molar-refractivity contribution in [2.75, 3.05) is 27.3 Å². The first kappa shape index (κ1) is 14.7. The van der Waals surface area contributed by atoms with Gasteiger partial charge in [-0.05, 0) is 50.6 Å². The highest BCUT2D eigenvalue weighted by Gasteiger charge is 2.16. The fourth-order valence-corrected chi connectivity index (χ4v) is 2.41. The molecule has 1 unspecified atom stereocenters. The van der Waals surface area contributed by atoms with Crippen LogP contribution in [-0.4, -0.2) is 39.3 Å². The number of methoxy groups -OCH3 is 2. The van der Waals surface area contributed by atoms with Crippen molar-refractivity contribution < 1.29 is 14.3 Å². The minimum atomic E-state index is -0.0575. The van der Waals surface area contributed by atoms with Crippen molar-refractivity contribution in [3.05, 3.63) is 23.8 Å². The van der Waals surface area contributed by atoms with Crippen molar-refractivity contribution in [3.63, 3.8) is 0 Å². The molecule has 1 aromatic carbocycles. The molecule has 20 heavy (non-hydrogen) atoms. The van der Waals surface area contributed by atoms with Gasteiger partial charge in [-0.3, -0.25) is 4.79 Å². The van der Waals surface area contributed by atoms with Crippen LogP contribution in [0.15, 0.2) is 18.2 Å². The van der Waals surface area contributed by atoms with Gasteiger partial charge in [-0.25, -0.2) is 0 Å². The van der Waals surface area contributed by atoms with Crippen LogP contribution >= 0.6 is 0 Å². The number of carbonyl (C=O) groups is 1. The molecule has 110 valence electrons. The maximum absolute atomic E-state index is 12.3. The number of hydrogen-bond acceptors (Lipinski definition) is 4. The molecular weight excluding hydrogens is 256 g/mol. The Hall–Kier alpha value is -1.75. The molecule has 0 aliphatic carbocycles. The molecule has 2 N–H and O–H groups in total. The monoisotopic (exact) mass is 278 g/mol. The third kappa shape index (κ3) is 3.63. The zero-order chi connectivity index (χ0) is 14.4. The van der Waals surface area contributed by atoms with Gasteiger partial charge in [0, 0.05) is 11.6 Å². The Balaban J connectivity index is 2.04. The van der Waals surface area contributed by atoms with Gasteiger partial charge in [0.2, 0.25) is 0 Å². The van der Waals surface area contributed by atoms with Crippen LogP contribution in [0.5, 0.6) is 11.5 Å². The van der Waals surface area contributed by atoms with Gasteiger partial charge in [0.15, 0.2) is 11.5 Å². The van der Waals surface area contributed by atoms with Gasteiger partial charge in [-0.1, -0.05) is 0 Å². The molecule has 2 rings (SSSR count). The Morgan fingerprint density at radius 3 is 2.75 bits per heavy atom. The minimum Gasteiger partial charge on any atom is -0.493 e. The number of ether oxygens (including phenoxy) is 2. The van der Waals surface area contributed by atoms with Crippen molar-refractivity contribution in [1.82, 2.24) is 10.6 Å². The van der Waals surface area contributed by atoms with Gasteiger partial charge in [-0.15, -0.1) is 0 Å². The largest absolute Gasteiger partial charge is 0.493 e. The zero-order valence-electron chi connectivity index (χ0n) is 12.1. The van der Waals surface area contributed by atoms with E-state index in [9.17, 15) is 4.79 Å². The van der Waals surface area contributed by atoms with Crippen molar-refractivity contribution in [2.24, 2.45) is 0 Å². The second-order valence-corrected chi connectivity index (χ2v) is 4.92. The molecule has 0 saturated carbocycles. The van der Waals surface area contributed by atoms with Crippen molar-refractivity contribution in [1.29, 1.82) is 0 Å². The second kappa shape index (κ2) is 7.14. The first-order valence-corrected chi connectivity index (χ1v) is 6.98. The molecule has 1 aromatic rings. The summed E-state index contributed by atoms with van der Waals surface area (Å²) in [5, 5.41) is 6.42. The molecule has 0 radical (unpaired) electrons. The van der Waals surface area contributed by atoms with Gasteiger partial charge < -0.3 is 20.1 Å². The highest BCUT2D eigenvalue weighted by atomic mass is 16.5. The predicted octanol–water partition coefficient (Wildman–Crippen LogP) is 1.58. The summed E-state index contributed by atoms with van der Waals surface area (Å²) in [5.74, 6) is 1.14. The van der Waals surface area contributed by atoms with Crippen LogP contribution in [0.3, 0.4) is 0 Å². The van der Waals surface area contributed by atoms with Crippen LogP contribution in [0.4, 0.5) is 0 Å². The fraction of sp³-hybridized carbons (Fsp3) is 0.533. The average Bonchev–Trinajstić information content (AvgIpc) is 2.75. The van der Waals surface area contributed by atoms with E-state index in [0.717, 1.165) is 32.4 Å². The SMILES string of the molecule is COc1ccc(C(=O)NC2CCCNCC2)cc1OC. The number of carbonyl (C=O) groups excluding carboxylic acids is 1. The van der Waals surface area contributed by atoms with E-state index in [2.05, 4.69) is 10.6 Å². The van der Waals surface area contributed by atoms with Crippen LogP contribution in [0.25, 0.3) is 0 Å². The molecule has 1 aliphatic heterocycles. The lowest BCUT2D eigenvalue weighted by molar-refractivity contribution is 0.0933. The molecule has 1 aliphatic rings. The van der Waals surface area contributed by atoms with Crippen molar-refractivity contribution in [2.45, 2.75) is 25.3 Å². The number of amides is 1. The normalized spacial score (nSPS) is 19.0. The summed E-state index contributed by atoms with van der Waals surface area (Å²) in [6.07, 6.45) is 3.09. The molecule has 1 heterocycles. The maximum Gasteiger partial charge on any atom is 0.251 e. The Bertz CT molecular complexity index is 454. The van der Waals surface area contributed by atoms with Crippen molar-refractivity contribution in [3.8, 4) is 11.5 Å². The summed E-state index contributed by atoms with van der Waals surface area (Å²) in [4.78, 5) is 12.3. The molecule has 1 saturated heterocycles. The lowest BCUT2D eigenvalue weighted by Crippen LogP contribution is -2.35. The van der Waals surface area contributed by atoms with Crippen LogP contribution < -0.4 is 20.1 Å². The van der Waals surface area contributed by atoms with Crippen LogP contribution in [0, 0.1) is 0 Å². The maximum atomic E-state index is 12.3. The Labute approximate surface area is 119 Å². The molecule has 0 spiro atoms. The molecule has 1 atom stereocenters. The first-order valence-electron chi connectivity index (χ1n) is 6.98. The summed E-state index contributed by atoms with van der Waals surface area (Å²) >= 11 is 0. The predicted molar refractivity (Wildman–Crippen MR) is 77.5 cm³/mol. The highest BCUT2D eigenvalue weighted by Crippen LogP contribution is 2.27.